The highest BCUT2D eigenvalue weighted by Gasteiger charge is 2.43. The van der Waals surface area contributed by atoms with E-state index in [0.29, 0.717) is 18.7 Å². The van der Waals surface area contributed by atoms with E-state index in [1.165, 1.54) is 9.58 Å². The number of carbonyl (C=O) groups excluding carboxylic acids is 1. The number of rotatable bonds is 4. The lowest BCUT2D eigenvalue weighted by Crippen LogP contribution is -2.58. The van der Waals surface area contributed by atoms with Gasteiger partial charge in [-0.1, -0.05) is 5.21 Å². The molecule has 0 saturated carbocycles. The Labute approximate surface area is 116 Å². The van der Waals surface area contributed by atoms with Crippen molar-refractivity contribution in [3.8, 4) is 0 Å². The van der Waals surface area contributed by atoms with Crippen molar-refractivity contribution in [1.82, 2.24) is 19.9 Å². The summed E-state index contributed by atoms with van der Waals surface area (Å²) in [5.74, 6) is -1.23. The lowest BCUT2D eigenvalue weighted by atomic mass is 9.88. The van der Waals surface area contributed by atoms with Gasteiger partial charge in [0.05, 0.1) is 11.9 Å². The molecule has 1 aromatic heterocycles. The third-order valence-electron chi connectivity index (χ3n) is 3.75. The second-order valence-corrected chi connectivity index (χ2v) is 5.19. The average molecular weight is 281 g/mol. The Bertz CT molecular complexity index is 515. The Balaban J connectivity index is 2.12. The first-order valence-electron chi connectivity index (χ1n) is 6.60. The minimum Gasteiger partial charge on any atom is -0.480 e. The zero-order chi connectivity index (χ0) is 14.8. The van der Waals surface area contributed by atoms with Crippen LogP contribution in [-0.4, -0.2) is 49.0 Å². The van der Waals surface area contributed by atoms with Crippen LogP contribution < -0.4 is 5.73 Å². The van der Waals surface area contributed by atoms with Gasteiger partial charge in [-0.2, -0.15) is 0 Å². The molecule has 1 saturated heterocycles. The molecule has 1 atom stereocenters. The fourth-order valence-electron chi connectivity index (χ4n) is 2.48. The lowest BCUT2D eigenvalue weighted by Gasteiger charge is -2.41. The Morgan fingerprint density at radius 3 is 2.85 bits per heavy atom. The summed E-state index contributed by atoms with van der Waals surface area (Å²) < 4.78 is 1.39. The normalized spacial score (nSPS) is 22.8. The van der Waals surface area contributed by atoms with Gasteiger partial charge in [0.25, 0.3) is 0 Å². The smallest absolute Gasteiger partial charge is 0.329 e. The van der Waals surface area contributed by atoms with E-state index in [1.807, 2.05) is 0 Å². The van der Waals surface area contributed by atoms with E-state index >= 15 is 0 Å². The van der Waals surface area contributed by atoms with Gasteiger partial charge >= 0.3 is 5.97 Å². The first-order valence-corrected chi connectivity index (χ1v) is 6.60. The highest BCUT2D eigenvalue weighted by Crippen LogP contribution is 2.28. The number of aliphatic carboxylic acids is 1. The van der Waals surface area contributed by atoms with E-state index in [-0.39, 0.29) is 19.0 Å². The predicted molar refractivity (Wildman–Crippen MR) is 69.5 cm³/mol. The van der Waals surface area contributed by atoms with E-state index in [0.717, 1.165) is 12.8 Å². The molecule has 0 aromatic carbocycles. The average Bonchev–Trinajstić information content (AvgIpc) is 2.86. The fourth-order valence-corrected chi connectivity index (χ4v) is 2.48. The van der Waals surface area contributed by atoms with Crippen molar-refractivity contribution in [2.75, 3.05) is 6.54 Å². The van der Waals surface area contributed by atoms with Gasteiger partial charge < -0.3 is 15.7 Å². The lowest BCUT2D eigenvalue weighted by molar-refractivity contribution is -0.161. The topological polar surface area (TPSA) is 114 Å². The molecule has 1 aliphatic heterocycles. The molecule has 1 unspecified atom stereocenters. The van der Waals surface area contributed by atoms with Crippen LogP contribution in [0.15, 0.2) is 6.20 Å². The maximum absolute atomic E-state index is 12.3. The first kappa shape index (κ1) is 14.4. The van der Waals surface area contributed by atoms with Crippen LogP contribution in [0.5, 0.6) is 0 Å². The maximum atomic E-state index is 12.3. The zero-order valence-corrected chi connectivity index (χ0v) is 11.4. The standard InChI is InChI=1S/C12H19N5O3/c1-12(11(19)20)4-2-3-5-17(12)10(18)8-16-7-9(6-13)14-15-16/h7H,2-6,8,13H2,1H3,(H,19,20). The van der Waals surface area contributed by atoms with Crippen molar-refractivity contribution >= 4 is 11.9 Å². The summed E-state index contributed by atoms with van der Waals surface area (Å²) in [6.07, 6.45) is 3.70. The molecule has 0 bridgehead atoms. The molecule has 0 spiro atoms. The highest BCUT2D eigenvalue weighted by molar-refractivity contribution is 5.86. The van der Waals surface area contributed by atoms with Crippen LogP contribution in [0.2, 0.25) is 0 Å². The van der Waals surface area contributed by atoms with E-state index in [1.54, 1.807) is 13.1 Å². The van der Waals surface area contributed by atoms with Crippen molar-refractivity contribution in [1.29, 1.82) is 0 Å². The third kappa shape index (κ3) is 2.64. The molecular weight excluding hydrogens is 262 g/mol. The molecule has 110 valence electrons. The molecule has 1 fully saturated rings. The first-order chi connectivity index (χ1) is 9.47. The molecule has 1 amide bonds. The van der Waals surface area contributed by atoms with Gasteiger partial charge in [-0.15, -0.1) is 5.10 Å². The summed E-state index contributed by atoms with van der Waals surface area (Å²) in [5, 5.41) is 17.0. The molecule has 2 rings (SSSR count). The number of carbonyl (C=O) groups is 2. The number of nitrogens with two attached hydrogens (primary N) is 1. The Morgan fingerprint density at radius 2 is 2.25 bits per heavy atom. The molecule has 1 aliphatic rings. The number of carboxylic acids is 1. The summed E-state index contributed by atoms with van der Waals surface area (Å²) in [6.45, 7) is 2.29. The van der Waals surface area contributed by atoms with Crippen LogP contribution in [0.1, 0.15) is 31.9 Å². The number of hydrogen-bond donors (Lipinski definition) is 2. The molecule has 20 heavy (non-hydrogen) atoms. The third-order valence-corrected chi connectivity index (χ3v) is 3.75. The van der Waals surface area contributed by atoms with Crippen LogP contribution in [0, 0.1) is 0 Å². The summed E-state index contributed by atoms with van der Waals surface area (Å²) in [7, 11) is 0. The van der Waals surface area contributed by atoms with Crippen LogP contribution in [-0.2, 0) is 22.7 Å². The zero-order valence-electron chi connectivity index (χ0n) is 11.4. The van der Waals surface area contributed by atoms with Crippen molar-refractivity contribution < 1.29 is 14.7 Å². The number of carboxylic acid groups (broad SMARTS) is 1. The summed E-state index contributed by atoms with van der Waals surface area (Å²) in [5.41, 5.74) is 4.89. The van der Waals surface area contributed by atoms with Crippen LogP contribution >= 0.6 is 0 Å². The van der Waals surface area contributed by atoms with Crippen molar-refractivity contribution in [2.45, 2.75) is 44.8 Å². The summed E-state index contributed by atoms with van der Waals surface area (Å²) >= 11 is 0. The number of hydrogen-bond acceptors (Lipinski definition) is 5. The Hall–Kier alpha value is -1.96. The highest BCUT2D eigenvalue weighted by atomic mass is 16.4. The van der Waals surface area contributed by atoms with Crippen molar-refractivity contribution in [3.05, 3.63) is 11.9 Å². The second kappa shape index (κ2) is 5.58. The van der Waals surface area contributed by atoms with E-state index < -0.39 is 11.5 Å². The van der Waals surface area contributed by atoms with Crippen LogP contribution in [0.25, 0.3) is 0 Å². The largest absolute Gasteiger partial charge is 0.480 e. The summed E-state index contributed by atoms with van der Waals surface area (Å²) in [4.78, 5) is 25.2. The molecule has 1 aromatic rings. The number of likely N-dealkylation sites (tertiary alicyclic amines) is 1. The molecule has 2 heterocycles. The molecule has 8 nitrogen and oxygen atoms in total. The van der Waals surface area contributed by atoms with E-state index in [2.05, 4.69) is 10.3 Å². The van der Waals surface area contributed by atoms with Gasteiger partial charge in [0.1, 0.15) is 12.1 Å². The molecular formula is C12H19N5O3. The van der Waals surface area contributed by atoms with Crippen LogP contribution in [0.4, 0.5) is 0 Å². The fraction of sp³-hybridized carbons (Fsp3) is 0.667. The molecule has 0 aliphatic carbocycles. The van der Waals surface area contributed by atoms with Gasteiger partial charge in [0.2, 0.25) is 5.91 Å². The number of aromatic nitrogens is 3. The van der Waals surface area contributed by atoms with Gasteiger partial charge in [0, 0.05) is 13.1 Å². The second-order valence-electron chi connectivity index (χ2n) is 5.19. The number of piperidine rings is 1. The van der Waals surface area contributed by atoms with Gasteiger partial charge in [-0.25, -0.2) is 9.48 Å². The summed E-state index contributed by atoms with van der Waals surface area (Å²) in [6, 6.07) is 0. The van der Waals surface area contributed by atoms with E-state index in [4.69, 9.17) is 5.73 Å². The molecule has 3 N–H and O–H groups in total. The maximum Gasteiger partial charge on any atom is 0.329 e. The minimum absolute atomic E-state index is 0.0180. The monoisotopic (exact) mass is 281 g/mol. The van der Waals surface area contributed by atoms with E-state index in [9.17, 15) is 14.7 Å². The van der Waals surface area contributed by atoms with Crippen molar-refractivity contribution in [2.24, 2.45) is 5.73 Å². The van der Waals surface area contributed by atoms with Crippen LogP contribution in [0.3, 0.4) is 0 Å². The Kier molecular flexibility index (Phi) is 4.03. The quantitative estimate of drug-likeness (QED) is 0.775. The molecule has 0 radical (unpaired) electrons. The van der Waals surface area contributed by atoms with Gasteiger partial charge in [-0.3, -0.25) is 4.79 Å². The van der Waals surface area contributed by atoms with Crippen molar-refractivity contribution in [3.63, 3.8) is 0 Å². The number of amides is 1. The minimum atomic E-state index is -1.13. The molecule has 8 heteroatoms. The SMILES string of the molecule is CC1(C(=O)O)CCCCN1C(=O)Cn1cc(CN)nn1. The predicted octanol–water partition coefficient (Wildman–Crippen LogP) is -0.407. The van der Waals surface area contributed by atoms with Gasteiger partial charge in [-0.05, 0) is 26.2 Å². The Morgan fingerprint density at radius 1 is 1.50 bits per heavy atom. The van der Waals surface area contributed by atoms with Gasteiger partial charge in [0.15, 0.2) is 0 Å². The number of nitrogens with zero attached hydrogens (tertiary/aromatic N) is 4.